The Hall–Kier alpha value is -4.68. The number of hydrogen-bond donors (Lipinski definition) is 0. The summed E-state index contributed by atoms with van der Waals surface area (Å²) in [4.78, 5) is 2.35. The number of fused-ring (bicyclic) bond motifs is 3. The minimum atomic E-state index is -0.376. The van der Waals surface area contributed by atoms with Crippen molar-refractivity contribution in [1.29, 1.82) is 0 Å². The Morgan fingerprint density at radius 2 is 0.957 bits per heavy atom. The smallest absolute Gasteiger partial charge is 0.399 e. The fourth-order valence-corrected chi connectivity index (χ4v) is 7.50. The molecule has 7 aromatic rings. The van der Waals surface area contributed by atoms with E-state index < -0.39 is 0 Å². The molecule has 47 heavy (non-hydrogen) atoms. The van der Waals surface area contributed by atoms with Gasteiger partial charge in [-0.05, 0) is 104 Å². The Labute approximate surface area is 281 Å². The molecule has 0 unspecified atom stereocenters. The van der Waals surface area contributed by atoms with Crippen LogP contribution < -0.4 is 10.4 Å². The maximum atomic E-state index is 6.37. The predicted molar refractivity (Wildman–Crippen MR) is 201 cm³/mol. The van der Waals surface area contributed by atoms with Gasteiger partial charge < -0.3 is 14.2 Å². The minimum Gasteiger partial charge on any atom is -0.399 e. The van der Waals surface area contributed by atoms with Crippen LogP contribution in [0, 0.1) is 0 Å². The van der Waals surface area contributed by atoms with Crippen molar-refractivity contribution >= 4 is 61.2 Å². The van der Waals surface area contributed by atoms with E-state index in [1.54, 1.807) is 0 Å². The number of benzene rings is 6. The van der Waals surface area contributed by atoms with E-state index in [9.17, 15) is 0 Å². The van der Waals surface area contributed by atoms with Crippen molar-refractivity contribution in [3.63, 3.8) is 0 Å². The van der Waals surface area contributed by atoms with Gasteiger partial charge in [-0.2, -0.15) is 0 Å². The molecule has 0 atom stereocenters. The van der Waals surface area contributed by atoms with Gasteiger partial charge >= 0.3 is 7.12 Å². The summed E-state index contributed by atoms with van der Waals surface area (Å²) in [6.07, 6.45) is 0. The standard InChI is InChI=1S/C42H36BNO2S/c1-41(2)42(3,4)46-43(45-41)33-19-25-37-38-28-36(24-26-39(38)47-40(37)27-33)44(34-20-15-31(16-21-34)29-11-7-5-8-12-29)35-22-17-32(18-23-35)30-13-9-6-10-14-30/h5-28H,1-4H3. The zero-order valence-corrected chi connectivity index (χ0v) is 27.9. The van der Waals surface area contributed by atoms with Crippen LogP contribution in [0.4, 0.5) is 17.1 Å². The van der Waals surface area contributed by atoms with Gasteiger partial charge in [-0.3, -0.25) is 0 Å². The first-order chi connectivity index (χ1) is 22.8. The molecular formula is C42H36BNO2S. The van der Waals surface area contributed by atoms with Gasteiger partial charge in [0.1, 0.15) is 0 Å². The van der Waals surface area contributed by atoms with Gasteiger partial charge in [-0.15, -0.1) is 11.3 Å². The van der Waals surface area contributed by atoms with E-state index in [-0.39, 0.29) is 18.3 Å². The highest BCUT2D eigenvalue weighted by Crippen LogP contribution is 2.42. The molecule has 8 rings (SSSR count). The molecule has 5 heteroatoms. The van der Waals surface area contributed by atoms with E-state index in [4.69, 9.17) is 9.31 Å². The average Bonchev–Trinajstić information content (AvgIpc) is 3.57. The Bertz CT molecular complexity index is 2090. The van der Waals surface area contributed by atoms with Gasteiger partial charge in [0.15, 0.2) is 0 Å². The summed E-state index contributed by atoms with van der Waals surface area (Å²) < 4.78 is 15.2. The fourth-order valence-electron chi connectivity index (χ4n) is 6.36. The number of rotatable bonds is 6. The van der Waals surface area contributed by atoms with E-state index in [0.717, 1.165) is 22.5 Å². The molecule has 1 aliphatic heterocycles. The lowest BCUT2D eigenvalue weighted by atomic mass is 9.79. The molecule has 0 N–H and O–H groups in total. The highest BCUT2D eigenvalue weighted by Gasteiger charge is 2.51. The molecule has 230 valence electrons. The molecule has 0 bridgehead atoms. The lowest BCUT2D eigenvalue weighted by molar-refractivity contribution is 0.00578. The van der Waals surface area contributed by atoms with Gasteiger partial charge in [-0.25, -0.2) is 0 Å². The molecule has 0 amide bonds. The van der Waals surface area contributed by atoms with E-state index in [1.165, 1.54) is 42.4 Å². The van der Waals surface area contributed by atoms with Crippen molar-refractivity contribution in [2.24, 2.45) is 0 Å². The molecule has 0 radical (unpaired) electrons. The number of thiophene rings is 1. The first kappa shape index (κ1) is 29.7. The zero-order chi connectivity index (χ0) is 32.2. The zero-order valence-electron chi connectivity index (χ0n) is 27.1. The Morgan fingerprint density at radius 1 is 0.468 bits per heavy atom. The van der Waals surface area contributed by atoms with Gasteiger partial charge in [0.25, 0.3) is 0 Å². The summed E-state index contributed by atoms with van der Waals surface area (Å²) in [6.45, 7) is 8.40. The van der Waals surface area contributed by atoms with Gasteiger partial charge in [0.2, 0.25) is 0 Å². The number of anilines is 3. The molecule has 2 heterocycles. The molecule has 1 aliphatic rings. The predicted octanol–water partition coefficient (Wildman–Crippen LogP) is 11.2. The first-order valence-corrected chi connectivity index (χ1v) is 17.0. The van der Waals surface area contributed by atoms with Crippen LogP contribution in [0.15, 0.2) is 146 Å². The normalized spacial score (nSPS) is 15.4. The fraction of sp³-hybridized carbons (Fsp3) is 0.143. The van der Waals surface area contributed by atoms with Gasteiger partial charge in [-0.1, -0.05) is 97.1 Å². The minimum absolute atomic E-state index is 0.371. The Balaban J connectivity index is 1.20. The van der Waals surface area contributed by atoms with Crippen LogP contribution in [-0.4, -0.2) is 18.3 Å². The van der Waals surface area contributed by atoms with E-state index in [2.05, 4.69) is 178 Å². The van der Waals surface area contributed by atoms with E-state index in [0.29, 0.717) is 0 Å². The Kier molecular flexibility index (Phi) is 7.29. The van der Waals surface area contributed by atoms with Crippen molar-refractivity contribution in [2.45, 2.75) is 38.9 Å². The van der Waals surface area contributed by atoms with Crippen molar-refractivity contribution < 1.29 is 9.31 Å². The van der Waals surface area contributed by atoms with E-state index >= 15 is 0 Å². The van der Waals surface area contributed by atoms with Crippen LogP contribution >= 0.6 is 11.3 Å². The lowest BCUT2D eigenvalue weighted by Gasteiger charge is -2.32. The summed E-state index contributed by atoms with van der Waals surface area (Å²) in [5.74, 6) is 0. The summed E-state index contributed by atoms with van der Waals surface area (Å²) in [7, 11) is -0.376. The van der Waals surface area contributed by atoms with Crippen molar-refractivity contribution in [3.8, 4) is 22.3 Å². The molecular weight excluding hydrogens is 593 g/mol. The molecule has 3 nitrogen and oxygen atoms in total. The summed E-state index contributed by atoms with van der Waals surface area (Å²) >= 11 is 1.82. The topological polar surface area (TPSA) is 21.7 Å². The average molecular weight is 630 g/mol. The molecule has 0 saturated carbocycles. The maximum Gasteiger partial charge on any atom is 0.494 e. The SMILES string of the molecule is CC1(C)OB(c2ccc3c(c2)sc2ccc(N(c4ccc(-c5ccccc5)cc4)c4ccc(-c5ccccc5)cc4)cc23)OC1(C)C. The summed E-state index contributed by atoms with van der Waals surface area (Å²) in [6, 6.07) is 52.3. The van der Waals surface area contributed by atoms with Crippen LogP contribution in [0.25, 0.3) is 42.4 Å². The molecule has 1 saturated heterocycles. The molecule has 0 aliphatic carbocycles. The monoisotopic (exact) mass is 629 g/mol. The number of hydrogen-bond acceptors (Lipinski definition) is 4. The second-order valence-corrected chi connectivity index (χ2v) is 14.4. The molecule has 1 aromatic heterocycles. The quantitative estimate of drug-likeness (QED) is 0.171. The third kappa shape index (κ3) is 5.45. The maximum absolute atomic E-state index is 6.37. The van der Waals surface area contributed by atoms with Crippen LogP contribution in [0.1, 0.15) is 27.7 Å². The first-order valence-electron chi connectivity index (χ1n) is 16.2. The molecule has 6 aromatic carbocycles. The van der Waals surface area contributed by atoms with Crippen LogP contribution in [0.2, 0.25) is 0 Å². The van der Waals surface area contributed by atoms with Gasteiger partial charge in [0, 0.05) is 37.2 Å². The molecule has 1 fully saturated rings. The number of nitrogens with zero attached hydrogens (tertiary/aromatic N) is 1. The Morgan fingerprint density at radius 3 is 1.49 bits per heavy atom. The highest BCUT2D eigenvalue weighted by molar-refractivity contribution is 7.25. The van der Waals surface area contributed by atoms with E-state index in [1.807, 2.05) is 11.3 Å². The van der Waals surface area contributed by atoms with Crippen molar-refractivity contribution in [1.82, 2.24) is 0 Å². The largest absolute Gasteiger partial charge is 0.494 e. The second kappa shape index (κ2) is 11.5. The third-order valence-corrected chi connectivity index (χ3v) is 10.9. The lowest BCUT2D eigenvalue weighted by Crippen LogP contribution is -2.41. The second-order valence-electron chi connectivity index (χ2n) is 13.3. The van der Waals surface area contributed by atoms with Crippen molar-refractivity contribution in [2.75, 3.05) is 4.90 Å². The van der Waals surface area contributed by atoms with Crippen LogP contribution in [0.5, 0.6) is 0 Å². The van der Waals surface area contributed by atoms with Gasteiger partial charge in [0.05, 0.1) is 11.2 Å². The van der Waals surface area contributed by atoms with Crippen molar-refractivity contribution in [3.05, 3.63) is 146 Å². The molecule has 0 spiro atoms. The highest BCUT2D eigenvalue weighted by atomic mass is 32.1. The summed E-state index contributed by atoms with van der Waals surface area (Å²) in [5.41, 5.74) is 8.48. The van der Waals surface area contributed by atoms with Crippen LogP contribution in [-0.2, 0) is 9.31 Å². The third-order valence-electron chi connectivity index (χ3n) is 9.73. The summed E-state index contributed by atoms with van der Waals surface area (Å²) in [5, 5.41) is 2.49. The van der Waals surface area contributed by atoms with Crippen LogP contribution in [0.3, 0.4) is 0 Å².